The Bertz CT molecular complexity index is 947. The van der Waals surface area contributed by atoms with Gasteiger partial charge in [0.15, 0.2) is 0 Å². The van der Waals surface area contributed by atoms with E-state index in [1.54, 1.807) is 0 Å². The van der Waals surface area contributed by atoms with Gasteiger partial charge in [0, 0.05) is 19.6 Å². The highest BCUT2D eigenvalue weighted by Crippen LogP contribution is 2.47. The maximum Gasteiger partial charge on any atom is 0.0162 e. The minimum atomic E-state index is 1.11. The molecular formula is C24H26S4. The van der Waals surface area contributed by atoms with Crippen LogP contribution in [-0.2, 0) is 0 Å². The van der Waals surface area contributed by atoms with Gasteiger partial charge in [-0.15, -0.1) is 47.0 Å². The van der Waals surface area contributed by atoms with Crippen LogP contribution in [0.5, 0.6) is 0 Å². The lowest BCUT2D eigenvalue weighted by molar-refractivity contribution is 1.38. The zero-order chi connectivity index (χ0) is 19.7. The average Bonchev–Trinajstić information content (AvgIpc) is 2.70. The molecule has 0 spiro atoms. The van der Waals surface area contributed by atoms with Crippen LogP contribution in [0.25, 0.3) is 32.3 Å². The molecule has 146 valence electrons. The summed E-state index contributed by atoms with van der Waals surface area (Å²) >= 11 is 7.89. The van der Waals surface area contributed by atoms with Crippen molar-refractivity contribution in [3.8, 4) is 0 Å². The van der Waals surface area contributed by atoms with Crippen LogP contribution in [0.4, 0.5) is 0 Å². The molecule has 0 aliphatic rings. The SMILES string of the molecule is CCSc1cc(SCC)c2ccc3c(SCC)cc(SCC)c4ccc1c2c43. The summed E-state index contributed by atoms with van der Waals surface area (Å²) in [6.45, 7) is 9.01. The molecule has 4 rings (SSSR count). The Labute approximate surface area is 185 Å². The second-order valence-corrected chi connectivity index (χ2v) is 11.8. The third-order valence-corrected chi connectivity index (χ3v) is 8.70. The highest BCUT2D eigenvalue weighted by atomic mass is 32.2. The Hall–Kier alpha value is -0.680. The molecule has 0 unspecified atom stereocenters. The topological polar surface area (TPSA) is 0 Å². The van der Waals surface area contributed by atoms with Crippen LogP contribution in [0, 0.1) is 0 Å². The summed E-state index contributed by atoms with van der Waals surface area (Å²) in [6.07, 6.45) is 0. The summed E-state index contributed by atoms with van der Waals surface area (Å²) in [5.41, 5.74) is 0. The lowest BCUT2D eigenvalue weighted by atomic mass is 9.94. The third-order valence-electron chi connectivity index (χ3n) is 4.95. The molecule has 0 aliphatic heterocycles. The minimum absolute atomic E-state index is 1.11. The number of hydrogen-bond acceptors (Lipinski definition) is 4. The Morgan fingerprint density at radius 3 is 0.929 bits per heavy atom. The lowest BCUT2D eigenvalue weighted by Gasteiger charge is -2.19. The van der Waals surface area contributed by atoms with Crippen molar-refractivity contribution in [2.24, 2.45) is 0 Å². The van der Waals surface area contributed by atoms with Crippen molar-refractivity contribution in [1.82, 2.24) is 0 Å². The van der Waals surface area contributed by atoms with Gasteiger partial charge in [-0.1, -0.05) is 52.0 Å². The van der Waals surface area contributed by atoms with E-state index in [4.69, 9.17) is 0 Å². The highest BCUT2D eigenvalue weighted by molar-refractivity contribution is 8.00. The molecule has 0 amide bonds. The Kier molecular flexibility index (Phi) is 6.61. The van der Waals surface area contributed by atoms with Gasteiger partial charge in [0.2, 0.25) is 0 Å². The van der Waals surface area contributed by atoms with Gasteiger partial charge in [0.1, 0.15) is 0 Å². The summed E-state index contributed by atoms with van der Waals surface area (Å²) in [7, 11) is 0. The molecule has 0 atom stereocenters. The molecule has 4 aromatic carbocycles. The monoisotopic (exact) mass is 442 g/mol. The molecule has 0 fully saturated rings. The normalized spacial score (nSPS) is 12.0. The predicted octanol–water partition coefficient (Wildman–Crippen LogP) is 9.03. The molecule has 0 saturated carbocycles. The zero-order valence-corrected chi connectivity index (χ0v) is 20.2. The van der Waals surface area contributed by atoms with Gasteiger partial charge in [0.25, 0.3) is 0 Å². The van der Waals surface area contributed by atoms with E-state index in [0.717, 1.165) is 23.0 Å². The van der Waals surface area contributed by atoms with Gasteiger partial charge < -0.3 is 0 Å². The van der Waals surface area contributed by atoms with E-state index in [0.29, 0.717) is 0 Å². The van der Waals surface area contributed by atoms with E-state index in [9.17, 15) is 0 Å². The lowest BCUT2D eigenvalue weighted by Crippen LogP contribution is -1.92. The molecule has 0 saturated heterocycles. The summed E-state index contributed by atoms with van der Waals surface area (Å²) in [6, 6.07) is 14.3. The fraction of sp³-hybridized carbons (Fsp3) is 0.333. The number of hydrogen-bond donors (Lipinski definition) is 0. The van der Waals surface area contributed by atoms with Gasteiger partial charge in [-0.3, -0.25) is 0 Å². The van der Waals surface area contributed by atoms with E-state index >= 15 is 0 Å². The molecule has 0 N–H and O–H groups in total. The molecule has 0 aromatic heterocycles. The van der Waals surface area contributed by atoms with Crippen molar-refractivity contribution in [1.29, 1.82) is 0 Å². The maximum atomic E-state index is 2.42. The highest BCUT2D eigenvalue weighted by Gasteiger charge is 2.18. The van der Waals surface area contributed by atoms with E-state index in [2.05, 4.69) is 64.1 Å². The zero-order valence-electron chi connectivity index (χ0n) is 16.9. The van der Waals surface area contributed by atoms with Crippen LogP contribution in [-0.4, -0.2) is 23.0 Å². The van der Waals surface area contributed by atoms with Gasteiger partial charge in [-0.2, -0.15) is 0 Å². The molecule has 4 aromatic rings. The first-order valence-corrected chi connectivity index (χ1v) is 14.0. The summed E-state index contributed by atoms with van der Waals surface area (Å²) < 4.78 is 0. The fourth-order valence-corrected chi connectivity index (χ4v) is 7.47. The van der Waals surface area contributed by atoms with Gasteiger partial charge in [-0.05, 0) is 67.5 Å². The van der Waals surface area contributed by atoms with E-state index in [-0.39, 0.29) is 0 Å². The van der Waals surface area contributed by atoms with E-state index in [1.165, 1.54) is 51.9 Å². The summed E-state index contributed by atoms with van der Waals surface area (Å²) in [5.74, 6) is 4.42. The van der Waals surface area contributed by atoms with Crippen LogP contribution >= 0.6 is 47.0 Å². The van der Waals surface area contributed by atoms with Crippen molar-refractivity contribution in [3.63, 3.8) is 0 Å². The van der Waals surface area contributed by atoms with Crippen molar-refractivity contribution >= 4 is 79.4 Å². The Balaban J connectivity index is 2.18. The van der Waals surface area contributed by atoms with Crippen LogP contribution in [0.15, 0.2) is 56.0 Å². The molecule has 0 heterocycles. The Morgan fingerprint density at radius 1 is 0.464 bits per heavy atom. The smallest absolute Gasteiger partial charge is 0.0162 e. The number of rotatable bonds is 8. The van der Waals surface area contributed by atoms with Gasteiger partial charge >= 0.3 is 0 Å². The molecule has 4 heteroatoms. The molecule has 0 nitrogen and oxygen atoms in total. The molecule has 0 bridgehead atoms. The van der Waals surface area contributed by atoms with Crippen molar-refractivity contribution in [2.75, 3.05) is 23.0 Å². The molecule has 0 aliphatic carbocycles. The Morgan fingerprint density at radius 2 is 0.714 bits per heavy atom. The standard InChI is InChI=1S/C24H26S4/c1-5-25-19-13-20(26-6-2)16-11-12-18-22(28-8-4)14-21(27-7-3)17-10-9-15(19)23(16)24(17)18/h9-14H,5-8H2,1-4H3. The van der Waals surface area contributed by atoms with Gasteiger partial charge in [0.05, 0.1) is 0 Å². The third kappa shape index (κ3) is 3.51. The minimum Gasteiger partial charge on any atom is -0.126 e. The first-order valence-electron chi connectivity index (χ1n) is 10.0. The van der Waals surface area contributed by atoms with Crippen molar-refractivity contribution in [3.05, 3.63) is 36.4 Å². The van der Waals surface area contributed by atoms with Crippen LogP contribution in [0.1, 0.15) is 27.7 Å². The quantitative estimate of drug-likeness (QED) is 0.197. The largest absolute Gasteiger partial charge is 0.126 e. The average molecular weight is 443 g/mol. The van der Waals surface area contributed by atoms with Crippen molar-refractivity contribution < 1.29 is 0 Å². The predicted molar refractivity (Wildman–Crippen MR) is 136 cm³/mol. The van der Waals surface area contributed by atoms with Gasteiger partial charge in [-0.25, -0.2) is 0 Å². The van der Waals surface area contributed by atoms with Crippen LogP contribution < -0.4 is 0 Å². The fourth-order valence-electron chi connectivity index (χ4n) is 3.97. The molecule has 28 heavy (non-hydrogen) atoms. The summed E-state index contributed by atoms with van der Waals surface area (Å²) in [5, 5.41) is 8.64. The van der Waals surface area contributed by atoms with E-state index in [1.807, 2.05) is 47.0 Å². The second-order valence-electron chi connectivity index (χ2n) is 6.55. The van der Waals surface area contributed by atoms with E-state index < -0.39 is 0 Å². The van der Waals surface area contributed by atoms with Crippen molar-refractivity contribution in [2.45, 2.75) is 47.3 Å². The molecular weight excluding hydrogens is 417 g/mol. The number of benzene rings is 4. The first-order chi connectivity index (χ1) is 13.7. The molecule has 0 radical (unpaired) electrons. The second kappa shape index (κ2) is 8.99. The van der Waals surface area contributed by atoms with Crippen LogP contribution in [0.2, 0.25) is 0 Å². The summed E-state index contributed by atoms with van der Waals surface area (Å²) in [4.78, 5) is 5.72. The number of thioether (sulfide) groups is 4. The van der Waals surface area contributed by atoms with Crippen LogP contribution in [0.3, 0.4) is 0 Å². The first kappa shape index (κ1) is 20.6. The maximum absolute atomic E-state index is 2.42.